The highest BCUT2D eigenvalue weighted by atomic mass is 19.1. The number of nitrogen functional groups attached to an aromatic ring is 1. The number of hydrogen-bond donors (Lipinski definition) is 2. The lowest BCUT2D eigenvalue weighted by molar-refractivity contribution is 0.368. The first-order chi connectivity index (χ1) is 18.3. The normalized spacial score (nSPS) is 15.2. The van der Waals surface area contributed by atoms with E-state index in [1.165, 1.54) is 18.5 Å². The molecule has 4 heterocycles. The highest BCUT2D eigenvalue weighted by molar-refractivity contribution is 5.99. The third-order valence-electron chi connectivity index (χ3n) is 7.02. The highest BCUT2D eigenvalue weighted by Gasteiger charge is 2.28. The second-order valence-electron chi connectivity index (χ2n) is 9.54. The Balaban J connectivity index is 1.62. The number of rotatable bonds is 4. The zero-order valence-corrected chi connectivity index (χ0v) is 20.8. The molecule has 38 heavy (non-hydrogen) atoms. The van der Waals surface area contributed by atoms with Gasteiger partial charge in [0, 0.05) is 30.3 Å². The molecule has 1 aliphatic rings. The number of halogens is 1. The molecule has 192 valence electrons. The number of fused-ring (bicyclic) bond motifs is 2. The molecule has 10 heteroatoms. The summed E-state index contributed by atoms with van der Waals surface area (Å²) in [5.74, 6) is -0.267. The molecule has 0 bridgehead atoms. The quantitative estimate of drug-likeness (QED) is 0.364. The lowest BCUT2D eigenvalue weighted by atomic mass is 9.92. The Morgan fingerprint density at radius 3 is 2.68 bits per heavy atom. The summed E-state index contributed by atoms with van der Waals surface area (Å²) < 4.78 is 21.8. The van der Waals surface area contributed by atoms with E-state index in [1.54, 1.807) is 10.7 Å². The number of nitrogens with zero attached hydrogens (tertiary/aromatic N) is 5. The van der Waals surface area contributed by atoms with Gasteiger partial charge in [-0.25, -0.2) is 23.8 Å². The van der Waals surface area contributed by atoms with E-state index in [-0.39, 0.29) is 11.6 Å². The second-order valence-corrected chi connectivity index (χ2v) is 9.54. The third kappa shape index (κ3) is 3.90. The first kappa shape index (κ1) is 23.8. The predicted octanol–water partition coefficient (Wildman–Crippen LogP) is 4.35. The molecule has 0 saturated carbocycles. The van der Waals surface area contributed by atoms with Crippen molar-refractivity contribution in [2.75, 3.05) is 25.9 Å². The molecule has 3 N–H and O–H groups in total. The van der Waals surface area contributed by atoms with Crippen LogP contribution in [0, 0.1) is 5.82 Å². The summed E-state index contributed by atoms with van der Waals surface area (Å²) in [6.07, 6.45) is 4.27. The molecule has 0 radical (unpaired) electrons. The van der Waals surface area contributed by atoms with E-state index in [2.05, 4.69) is 28.0 Å². The maximum Gasteiger partial charge on any atom is 0.343 e. The van der Waals surface area contributed by atoms with Crippen molar-refractivity contribution in [3.05, 3.63) is 82.4 Å². The summed E-state index contributed by atoms with van der Waals surface area (Å²) in [6, 6.07) is 10.5. The standard InChI is InChI=1S/C28H25FN6O3/c1-15(25-22(16-7-9-34(2)10-8-16)20-5-3-4-6-21(20)28(37)38-25)35-27-23(26(30)31-14-32-27)24(33-35)17-11-18(29)13-19(36)12-17/h3-7,11-15,36H,8-10H2,1-2H3,(H2,30,31,32)/t15-/m0/s1. The van der Waals surface area contributed by atoms with Crippen LogP contribution in [0.4, 0.5) is 10.2 Å². The lowest BCUT2D eigenvalue weighted by Gasteiger charge is -2.25. The summed E-state index contributed by atoms with van der Waals surface area (Å²) in [5, 5.41) is 16.5. The van der Waals surface area contributed by atoms with Crippen LogP contribution in [0.3, 0.4) is 0 Å². The molecular formula is C28H25FN6O3. The smallest absolute Gasteiger partial charge is 0.343 e. The van der Waals surface area contributed by atoms with Crippen molar-refractivity contribution in [2.45, 2.75) is 19.4 Å². The first-order valence-corrected chi connectivity index (χ1v) is 12.2. The molecule has 5 aromatic rings. The number of phenolic OH excluding ortho intramolecular Hbond substituents is 1. The predicted molar refractivity (Wildman–Crippen MR) is 143 cm³/mol. The van der Waals surface area contributed by atoms with E-state index >= 15 is 0 Å². The Morgan fingerprint density at radius 1 is 1.16 bits per heavy atom. The van der Waals surface area contributed by atoms with Crippen molar-refractivity contribution in [1.29, 1.82) is 0 Å². The van der Waals surface area contributed by atoms with Crippen LogP contribution in [0.1, 0.15) is 30.7 Å². The van der Waals surface area contributed by atoms with Gasteiger partial charge in [-0.2, -0.15) is 5.10 Å². The molecule has 2 aromatic carbocycles. The molecule has 6 rings (SSSR count). The van der Waals surface area contributed by atoms with Gasteiger partial charge in [0.25, 0.3) is 0 Å². The molecule has 0 saturated heterocycles. The van der Waals surface area contributed by atoms with Gasteiger partial charge in [0.05, 0.1) is 10.8 Å². The maximum absolute atomic E-state index is 14.2. The van der Waals surface area contributed by atoms with Crippen molar-refractivity contribution in [2.24, 2.45) is 0 Å². The molecular weight excluding hydrogens is 487 g/mol. The highest BCUT2D eigenvalue weighted by Crippen LogP contribution is 2.38. The average Bonchev–Trinajstić information content (AvgIpc) is 3.30. The van der Waals surface area contributed by atoms with Gasteiger partial charge in [0.1, 0.15) is 41.2 Å². The summed E-state index contributed by atoms with van der Waals surface area (Å²) in [7, 11) is 2.06. The molecule has 0 aliphatic carbocycles. The third-order valence-corrected chi connectivity index (χ3v) is 7.02. The molecule has 1 atom stereocenters. The average molecular weight is 513 g/mol. The van der Waals surface area contributed by atoms with Gasteiger partial charge in [-0.3, -0.25) is 0 Å². The van der Waals surface area contributed by atoms with Crippen molar-refractivity contribution >= 4 is 33.2 Å². The minimum atomic E-state index is -0.622. The number of anilines is 1. The summed E-state index contributed by atoms with van der Waals surface area (Å²) in [6.45, 7) is 3.51. The van der Waals surface area contributed by atoms with Gasteiger partial charge in [-0.05, 0) is 49.6 Å². The topological polar surface area (TPSA) is 123 Å². The Morgan fingerprint density at radius 2 is 1.95 bits per heavy atom. The maximum atomic E-state index is 14.2. The number of likely N-dealkylation sites (N-methyl/N-ethyl adjacent to an activating group) is 1. The molecule has 0 spiro atoms. The molecule has 0 unspecified atom stereocenters. The van der Waals surface area contributed by atoms with Gasteiger partial charge in [-0.1, -0.05) is 24.3 Å². The largest absolute Gasteiger partial charge is 0.508 e. The number of aromatic hydroxyl groups is 1. The SMILES string of the molecule is C[C@@H](c1oc(=O)c2ccccc2c1C1=CCN(C)CC1)n1nc(-c2cc(O)cc(F)c2)c2c(N)ncnc21. The van der Waals surface area contributed by atoms with E-state index in [1.807, 2.05) is 25.1 Å². The number of aromatic nitrogens is 4. The van der Waals surface area contributed by atoms with Gasteiger partial charge in [0.15, 0.2) is 5.65 Å². The van der Waals surface area contributed by atoms with Gasteiger partial charge in [-0.15, -0.1) is 0 Å². The van der Waals surface area contributed by atoms with Crippen molar-refractivity contribution in [1.82, 2.24) is 24.6 Å². The van der Waals surface area contributed by atoms with Crippen LogP contribution in [0.5, 0.6) is 5.75 Å². The summed E-state index contributed by atoms with van der Waals surface area (Å²) in [4.78, 5) is 23.9. The second kappa shape index (κ2) is 9.07. The van der Waals surface area contributed by atoms with E-state index in [0.29, 0.717) is 33.4 Å². The van der Waals surface area contributed by atoms with Crippen molar-refractivity contribution < 1.29 is 13.9 Å². The first-order valence-electron chi connectivity index (χ1n) is 12.2. The fourth-order valence-electron chi connectivity index (χ4n) is 5.13. The van der Waals surface area contributed by atoms with Gasteiger partial charge in [0.2, 0.25) is 0 Å². The van der Waals surface area contributed by atoms with Gasteiger partial charge >= 0.3 is 5.63 Å². The number of nitrogens with two attached hydrogens (primary N) is 1. The minimum Gasteiger partial charge on any atom is -0.508 e. The van der Waals surface area contributed by atoms with Crippen LogP contribution in [0.15, 0.2) is 64.1 Å². The van der Waals surface area contributed by atoms with Crippen LogP contribution in [0.2, 0.25) is 0 Å². The number of benzene rings is 2. The minimum absolute atomic E-state index is 0.158. The summed E-state index contributed by atoms with van der Waals surface area (Å²) in [5.41, 5.74) is 8.75. The fourth-order valence-corrected chi connectivity index (χ4v) is 5.13. The number of phenols is 1. The van der Waals surface area contributed by atoms with E-state index in [4.69, 9.17) is 15.2 Å². The Hall–Kier alpha value is -4.57. The van der Waals surface area contributed by atoms with E-state index in [0.717, 1.165) is 42.1 Å². The van der Waals surface area contributed by atoms with Crippen molar-refractivity contribution in [3.8, 4) is 17.0 Å². The fraction of sp³-hybridized carbons (Fsp3) is 0.214. The van der Waals surface area contributed by atoms with Crippen molar-refractivity contribution in [3.63, 3.8) is 0 Å². The molecule has 0 amide bonds. The van der Waals surface area contributed by atoms with E-state index in [9.17, 15) is 14.3 Å². The Bertz CT molecular complexity index is 1790. The summed E-state index contributed by atoms with van der Waals surface area (Å²) >= 11 is 0. The van der Waals surface area contributed by atoms with E-state index < -0.39 is 17.5 Å². The molecule has 1 aliphatic heterocycles. The zero-order chi connectivity index (χ0) is 26.6. The number of hydrogen-bond acceptors (Lipinski definition) is 8. The van der Waals surface area contributed by atoms with Gasteiger partial charge < -0.3 is 20.2 Å². The van der Waals surface area contributed by atoms with Crippen LogP contribution < -0.4 is 11.4 Å². The molecule has 3 aromatic heterocycles. The molecule has 0 fully saturated rings. The van der Waals surface area contributed by atoms with Crippen LogP contribution in [-0.2, 0) is 0 Å². The Labute approximate surface area is 216 Å². The zero-order valence-electron chi connectivity index (χ0n) is 20.8. The van der Waals surface area contributed by atoms with Crippen LogP contribution >= 0.6 is 0 Å². The molecule has 9 nitrogen and oxygen atoms in total. The van der Waals surface area contributed by atoms with Crippen LogP contribution in [0.25, 0.3) is 38.6 Å². The monoisotopic (exact) mass is 512 g/mol. The van der Waals surface area contributed by atoms with Crippen LogP contribution in [-0.4, -0.2) is 49.9 Å². The Kier molecular flexibility index (Phi) is 5.68. The lowest BCUT2D eigenvalue weighted by Crippen LogP contribution is -2.24.